The third kappa shape index (κ3) is 4.66. The summed E-state index contributed by atoms with van der Waals surface area (Å²) in [4.78, 5) is 48.4. The van der Waals surface area contributed by atoms with Crippen molar-refractivity contribution in [2.45, 2.75) is 19.8 Å². The van der Waals surface area contributed by atoms with E-state index in [1.165, 1.54) is 24.3 Å². The zero-order chi connectivity index (χ0) is 21.0. The summed E-state index contributed by atoms with van der Waals surface area (Å²) in [5.41, 5.74) is 1.96. The number of amides is 1. The molecular weight excluding hydrogens is 376 g/mol. The largest absolute Gasteiger partial charge is 0.457 e. The van der Waals surface area contributed by atoms with Crippen molar-refractivity contribution < 1.29 is 24.0 Å². The minimum Gasteiger partial charge on any atom is -0.457 e. The molecule has 1 heterocycles. The maximum Gasteiger partial charge on any atom is 0.311 e. The molecule has 0 N–H and O–H groups in total. The number of carbonyl (C=O) groups excluding carboxylic acids is 3. The summed E-state index contributed by atoms with van der Waals surface area (Å²) in [6, 6.07) is 12.6. The fourth-order valence-electron chi connectivity index (χ4n) is 3.13. The number of aryl methyl sites for hydroxylation is 1. The van der Waals surface area contributed by atoms with Crippen LogP contribution in [0.25, 0.3) is 0 Å². The van der Waals surface area contributed by atoms with Gasteiger partial charge in [-0.2, -0.15) is 0 Å². The Morgan fingerprint density at radius 2 is 1.79 bits per heavy atom. The summed E-state index contributed by atoms with van der Waals surface area (Å²) in [5, 5.41) is 10.7. The number of non-ortho nitro benzene ring substituents is 1. The lowest BCUT2D eigenvalue weighted by molar-refractivity contribution is -0.384. The highest BCUT2D eigenvalue weighted by atomic mass is 16.6. The van der Waals surface area contributed by atoms with E-state index >= 15 is 0 Å². The molecular formula is C21H20N2O6. The van der Waals surface area contributed by atoms with E-state index < -0.39 is 29.2 Å². The summed E-state index contributed by atoms with van der Waals surface area (Å²) >= 11 is 0. The first kappa shape index (κ1) is 20.2. The van der Waals surface area contributed by atoms with Crippen molar-refractivity contribution in [2.24, 2.45) is 5.92 Å². The van der Waals surface area contributed by atoms with E-state index in [0.29, 0.717) is 0 Å². The normalized spacial score (nSPS) is 16.0. The number of hydrogen-bond donors (Lipinski definition) is 0. The van der Waals surface area contributed by atoms with E-state index in [9.17, 15) is 24.5 Å². The van der Waals surface area contributed by atoms with Gasteiger partial charge in [-0.05, 0) is 36.2 Å². The van der Waals surface area contributed by atoms with Crippen LogP contribution in [0.1, 0.15) is 29.3 Å². The summed E-state index contributed by atoms with van der Waals surface area (Å²) < 4.78 is 5.09. The molecule has 0 radical (unpaired) electrons. The maximum absolute atomic E-state index is 12.3. The molecule has 0 unspecified atom stereocenters. The zero-order valence-corrected chi connectivity index (χ0v) is 15.9. The first-order valence-corrected chi connectivity index (χ1v) is 9.22. The third-order valence-electron chi connectivity index (χ3n) is 4.86. The van der Waals surface area contributed by atoms with Crippen LogP contribution >= 0.6 is 0 Å². The number of ketones is 1. The fraction of sp³-hybridized carbons (Fsp3) is 0.286. The second-order valence-electron chi connectivity index (χ2n) is 6.76. The lowest BCUT2D eigenvalue weighted by Gasteiger charge is -2.17. The number of anilines is 1. The number of ether oxygens (including phenoxy) is 1. The van der Waals surface area contributed by atoms with Crippen molar-refractivity contribution in [3.8, 4) is 0 Å². The molecule has 8 nitrogen and oxygen atoms in total. The third-order valence-corrected chi connectivity index (χ3v) is 4.86. The number of Topliss-reactive ketones (excluding diaryl/α,β-unsaturated/α-hetero) is 1. The minimum atomic E-state index is -0.641. The smallest absolute Gasteiger partial charge is 0.311 e. The molecule has 150 valence electrons. The number of esters is 1. The van der Waals surface area contributed by atoms with E-state index in [-0.39, 0.29) is 30.1 Å². The lowest BCUT2D eigenvalue weighted by atomic mass is 10.1. The molecule has 0 bridgehead atoms. The molecule has 1 fully saturated rings. The fourth-order valence-corrected chi connectivity index (χ4v) is 3.13. The summed E-state index contributed by atoms with van der Waals surface area (Å²) in [6.07, 6.45) is 0.923. The number of hydrogen-bond acceptors (Lipinski definition) is 6. The number of rotatable bonds is 7. The van der Waals surface area contributed by atoms with Gasteiger partial charge in [-0.3, -0.25) is 24.5 Å². The number of nitro groups is 1. The monoisotopic (exact) mass is 396 g/mol. The predicted molar refractivity (Wildman–Crippen MR) is 105 cm³/mol. The van der Waals surface area contributed by atoms with Crippen LogP contribution in [0, 0.1) is 16.0 Å². The van der Waals surface area contributed by atoms with Gasteiger partial charge in [-0.25, -0.2) is 0 Å². The standard InChI is InChI=1S/C21H20N2O6/c1-2-14-3-7-17(8-4-14)22-12-16(11-20(22)25)21(26)29-13-19(24)15-5-9-18(10-6-15)23(27)28/h3-10,16H,2,11-13H2,1H3/t16-/m1/s1. The van der Waals surface area contributed by atoms with Crippen LogP contribution in [0.15, 0.2) is 48.5 Å². The van der Waals surface area contributed by atoms with Crippen LogP contribution < -0.4 is 4.90 Å². The number of benzene rings is 2. The van der Waals surface area contributed by atoms with Crippen LogP contribution in [-0.2, 0) is 20.7 Å². The Bertz CT molecular complexity index is 937. The van der Waals surface area contributed by atoms with Crippen LogP contribution in [0.4, 0.5) is 11.4 Å². The van der Waals surface area contributed by atoms with Gasteiger partial charge >= 0.3 is 5.97 Å². The molecule has 0 aliphatic carbocycles. The molecule has 3 rings (SSSR count). The number of carbonyl (C=O) groups is 3. The minimum absolute atomic E-state index is 0.0279. The quantitative estimate of drug-likeness (QED) is 0.308. The lowest BCUT2D eigenvalue weighted by Crippen LogP contribution is -2.27. The molecule has 29 heavy (non-hydrogen) atoms. The van der Waals surface area contributed by atoms with Crippen molar-refractivity contribution >= 4 is 29.0 Å². The second-order valence-corrected chi connectivity index (χ2v) is 6.76. The average molecular weight is 396 g/mol. The molecule has 1 aliphatic heterocycles. The van der Waals surface area contributed by atoms with Gasteiger partial charge < -0.3 is 9.64 Å². The average Bonchev–Trinajstić information content (AvgIpc) is 3.13. The summed E-state index contributed by atoms with van der Waals surface area (Å²) in [6.45, 7) is 1.77. The van der Waals surface area contributed by atoms with E-state index in [1.807, 2.05) is 31.2 Å². The molecule has 1 aliphatic rings. The molecule has 0 aromatic heterocycles. The highest BCUT2D eigenvalue weighted by Gasteiger charge is 2.36. The molecule has 0 spiro atoms. The molecule has 2 aromatic rings. The Morgan fingerprint density at radius 1 is 1.14 bits per heavy atom. The van der Waals surface area contributed by atoms with E-state index in [4.69, 9.17) is 4.74 Å². The van der Waals surface area contributed by atoms with Crippen molar-refractivity contribution in [2.75, 3.05) is 18.1 Å². The van der Waals surface area contributed by atoms with Gasteiger partial charge in [-0.1, -0.05) is 19.1 Å². The summed E-state index contributed by atoms with van der Waals surface area (Å²) in [5.74, 6) is -1.89. The number of nitro benzene ring substituents is 1. The highest BCUT2D eigenvalue weighted by Crippen LogP contribution is 2.26. The summed E-state index contributed by atoms with van der Waals surface area (Å²) in [7, 11) is 0. The molecule has 1 atom stereocenters. The topological polar surface area (TPSA) is 107 Å². The van der Waals surface area contributed by atoms with Crippen molar-refractivity contribution in [3.05, 3.63) is 69.8 Å². The molecule has 0 saturated carbocycles. The van der Waals surface area contributed by atoms with Crippen LogP contribution in [0.5, 0.6) is 0 Å². The van der Waals surface area contributed by atoms with Gasteiger partial charge in [0.05, 0.1) is 10.8 Å². The molecule has 2 aromatic carbocycles. The van der Waals surface area contributed by atoms with Crippen molar-refractivity contribution in [1.82, 2.24) is 0 Å². The Kier molecular flexibility index (Phi) is 6.01. The predicted octanol–water partition coefficient (Wildman–Crippen LogP) is 2.94. The van der Waals surface area contributed by atoms with Crippen LogP contribution in [0.3, 0.4) is 0 Å². The Balaban J connectivity index is 1.56. The molecule has 1 amide bonds. The first-order chi connectivity index (χ1) is 13.9. The van der Waals surface area contributed by atoms with Gasteiger partial charge in [0.2, 0.25) is 5.91 Å². The van der Waals surface area contributed by atoms with Crippen LogP contribution in [-0.4, -0.2) is 35.7 Å². The first-order valence-electron chi connectivity index (χ1n) is 9.22. The van der Waals surface area contributed by atoms with E-state index in [1.54, 1.807) is 4.90 Å². The molecule has 8 heteroatoms. The van der Waals surface area contributed by atoms with E-state index in [0.717, 1.165) is 17.7 Å². The number of nitrogens with zero attached hydrogens (tertiary/aromatic N) is 2. The Morgan fingerprint density at radius 3 is 2.38 bits per heavy atom. The van der Waals surface area contributed by atoms with Gasteiger partial charge in [-0.15, -0.1) is 0 Å². The van der Waals surface area contributed by atoms with Gasteiger partial charge in [0, 0.05) is 36.3 Å². The molecule has 1 saturated heterocycles. The zero-order valence-electron chi connectivity index (χ0n) is 15.9. The van der Waals surface area contributed by atoms with Crippen molar-refractivity contribution in [1.29, 1.82) is 0 Å². The Hall–Kier alpha value is -3.55. The SMILES string of the molecule is CCc1ccc(N2C[C@H](C(=O)OCC(=O)c3ccc([N+](=O)[O-])cc3)CC2=O)cc1. The van der Waals surface area contributed by atoms with Gasteiger partial charge in [0.15, 0.2) is 12.4 Å². The second kappa shape index (κ2) is 8.64. The Labute approximate surface area is 167 Å². The maximum atomic E-state index is 12.3. The van der Waals surface area contributed by atoms with Gasteiger partial charge in [0.25, 0.3) is 5.69 Å². The van der Waals surface area contributed by atoms with E-state index in [2.05, 4.69) is 0 Å². The highest BCUT2D eigenvalue weighted by molar-refractivity contribution is 6.01. The van der Waals surface area contributed by atoms with Crippen molar-refractivity contribution in [3.63, 3.8) is 0 Å². The van der Waals surface area contributed by atoms with Gasteiger partial charge in [0.1, 0.15) is 0 Å². The van der Waals surface area contributed by atoms with Crippen LogP contribution in [0.2, 0.25) is 0 Å².